The lowest BCUT2D eigenvalue weighted by Crippen LogP contribution is -2.42. The van der Waals surface area contributed by atoms with Crippen LogP contribution in [0.15, 0.2) is 42.5 Å². The molecule has 0 radical (unpaired) electrons. The predicted molar refractivity (Wildman–Crippen MR) is 102 cm³/mol. The molecule has 3 rings (SSSR count). The van der Waals surface area contributed by atoms with E-state index in [2.05, 4.69) is 10.6 Å². The molecule has 2 aromatic rings. The molecule has 1 heterocycles. The number of anilines is 3. The van der Waals surface area contributed by atoms with Gasteiger partial charge in [0.25, 0.3) is 0 Å². The number of para-hydroxylation sites is 2. The van der Waals surface area contributed by atoms with Crippen molar-refractivity contribution < 1.29 is 9.59 Å². The van der Waals surface area contributed by atoms with Gasteiger partial charge in [0.15, 0.2) is 0 Å². The highest BCUT2D eigenvalue weighted by Crippen LogP contribution is 2.31. The first-order valence-corrected chi connectivity index (χ1v) is 8.60. The molecule has 0 spiro atoms. The number of nitrogens with zero attached hydrogens (tertiary/aromatic N) is 1. The van der Waals surface area contributed by atoms with E-state index >= 15 is 0 Å². The third kappa shape index (κ3) is 4.06. The Bertz CT molecular complexity index is 805. The molecule has 2 amide bonds. The Morgan fingerprint density at radius 2 is 1.92 bits per heavy atom. The fourth-order valence-corrected chi connectivity index (χ4v) is 3.41. The van der Waals surface area contributed by atoms with Crippen molar-refractivity contribution >= 4 is 52.1 Å². The van der Waals surface area contributed by atoms with E-state index in [1.807, 2.05) is 25.1 Å². The molecule has 1 atom stereocenters. The van der Waals surface area contributed by atoms with Crippen LogP contribution in [-0.2, 0) is 9.59 Å². The van der Waals surface area contributed by atoms with Gasteiger partial charge < -0.3 is 15.5 Å². The quantitative estimate of drug-likeness (QED) is 0.843. The van der Waals surface area contributed by atoms with Gasteiger partial charge in [0.1, 0.15) is 0 Å². The van der Waals surface area contributed by atoms with Gasteiger partial charge in [-0.25, -0.2) is 0 Å². The molecule has 5 nitrogen and oxygen atoms in total. The second-order valence-corrected chi connectivity index (χ2v) is 6.77. The topological polar surface area (TPSA) is 61.4 Å². The van der Waals surface area contributed by atoms with Gasteiger partial charge in [0, 0.05) is 28.2 Å². The molecule has 0 saturated heterocycles. The van der Waals surface area contributed by atoms with Crippen LogP contribution in [0.5, 0.6) is 0 Å². The summed E-state index contributed by atoms with van der Waals surface area (Å²) in [5.74, 6) is -0.252. The van der Waals surface area contributed by atoms with Crippen molar-refractivity contribution in [3.8, 4) is 0 Å². The SMILES string of the molecule is C[C@@H]1CC(=O)Nc2ccccc2N1C(=O)CNc1cc(Cl)cc(Cl)c1. The monoisotopic (exact) mass is 377 g/mol. The lowest BCUT2D eigenvalue weighted by atomic mass is 10.1. The van der Waals surface area contributed by atoms with Crippen molar-refractivity contribution in [1.29, 1.82) is 0 Å². The number of amides is 2. The molecule has 0 fully saturated rings. The Balaban J connectivity index is 1.81. The summed E-state index contributed by atoms with van der Waals surface area (Å²) >= 11 is 12.0. The van der Waals surface area contributed by atoms with Crippen molar-refractivity contribution in [2.45, 2.75) is 19.4 Å². The number of benzene rings is 2. The van der Waals surface area contributed by atoms with Crippen molar-refractivity contribution in [3.05, 3.63) is 52.5 Å². The normalized spacial score (nSPS) is 16.7. The number of halogens is 2. The maximum Gasteiger partial charge on any atom is 0.246 e. The third-order valence-electron chi connectivity index (χ3n) is 3.93. The Labute approximate surface area is 155 Å². The van der Waals surface area contributed by atoms with Crippen molar-refractivity contribution in [2.75, 3.05) is 22.1 Å². The van der Waals surface area contributed by atoms with Gasteiger partial charge in [-0.15, -0.1) is 0 Å². The Hall–Kier alpha value is -2.24. The average molecular weight is 378 g/mol. The number of rotatable bonds is 3. The molecule has 0 bridgehead atoms. The van der Waals surface area contributed by atoms with Gasteiger partial charge >= 0.3 is 0 Å². The summed E-state index contributed by atoms with van der Waals surface area (Å²) in [6, 6.07) is 12.1. The van der Waals surface area contributed by atoms with Crippen LogP contribution in [-0.4, -0.2) is 24.4 Å². The highest BCUT2D eigenvalue weighted by Gasteiger charge is 2.29. The molecule has 0 aliphatic carbocycles. The fraction of sp³-hybridized carbons (Fsp3) is 0.222. The van der Waals surface area contributed by atoms with E-state index in [-0.39, 0.29) is 30.8 Å². The maximum absolute atomic E-state index is 12.8. The van der Waals surface area contributed by atoms with E-state index in [1.165, 1.54) is 0 Å². The number of carbonyl (C=O) groups excluding carboxylic acids is 2. The van der Waals surface area contributed by atoms with E-state index in [9.17, 15) is 9.59 Å². The number of fused-ring (bicyclic) bond motifs is 1. The van der Waals surface area contributed by atoms with Crippen LogP contribution in [0.1, 0.15) is 13.3 Å². The molecule has 0 aromatic heterocycles. The largest absolute Gasteiger partial charge is 0.376 e. The molecule has 7 heteroatoms. The second kappa shape index (κ2) is 7.33. The first-order valence-electron chi connectivity index (χ1n) is 7.85. The minimum atomic E-state index is -0.249. The predicted octanol–water partition coefficient (Wildman–Crippen LogP) is 4.17. The minimum absolute atomic E-state index is 0.0591. The molecular weight excluding hydrogens is 361 g/mol. The van der Waals surface area contributed by atoms with Crippen molar-refractivity contribution in [1.82, 2.24) is 0 Å². The van der Waals surface area contributed by atoms with Gasteiger partial charge in [0.05, 0.1) is 17.9 Å². The van der Waals surface area contributed by atoms with Gasteiger partial charge in [-0.2, -0.15) is 0 Å². The molecule has 2 N–H and O–H groups in total. The molecule has 1 aliphatic heterocycles. The van der Waals surface area contributed by atoms with Crippen LogP contribution in [0, 0.1) is 0 Å². The van der Waals surface area contributed by atoms with Crippen LogP contribution in [0.25, 0.3) is 0 Å². The average Bonchev–Trinajstić information content (AvgIpc) is 2.66. The number of carbonyl (C=O) groups is 2. The Morgan fingerprint density at radius 1 is 1.24 bits per heavy atom. The van der Waals surface area contributed by atoms with E-state index in [0.29, 0.717) is 27.1 Å². The molecule has 130 valence electrons. The van der Waals surface area contributed by atoms with E-state index in [1.54, 1.807) is 29.2 Å². The highest BCUT2D eigenvalue weighted by atomic mass is 35.5. The summed E-state index contributed by atoms with van der Waals surface area (Å²) < 4.78 is 0. The van der Waals surface area contributed by atoms with Crippen LogP contribution < -0.4 is 15.5 Å². The van der Waals surface area contributed by atoms with Crippen LogP contribution in [0.3, 0.4) is 0 Å². The van der Waals surface area contributed by atoms with Crippen LogP contribution >= 0.6 is 23.2 Å². The fourth-order valence-electron chi connectivity index (χ4n) is 2.89. The van der Waals surface area contributed by atoms with Gasteiger partial charge in [-0.05, 0) is 37.3 Å². The summed E-state index contributed by atoms with van der Waals surface area (Å²) in [5, 5.41) is 6.86. The summed E-state index contributed by atoms with van der Waals surface area (Å²) in [7, 11) is 0. The number of hydrogen-bond acceptors (Lipinski definition) is 3. The van der Waals surface area contributed by atoms with Gasteiger partial charge in [-0.1, -0.05) is 35.3 Å². The van der Waals surface area contributed by atoms with Gasteiger partial charge in [-0.3, -0.25) is 9.59 Å². The molecule has 1 aliphatic rings. The summed E-state index contributed by atoms with van der Waals surface area (Å²) in [6.07, 6.45) is 0.239. The zero-order valence-electron chi connectivity index (χ0n) is 13.6. The van der Waals surface area contributed by atoms with Gasteiger partial charge in [0.2, 0.25) is 11.8 Å². The molecule has 2 aromatic carbocycles. The summed E-state index contributed by atoms with van der Waals surface area (Å²) in [4.78, 5) is 26.5. The molecule has 25 heavy (non-hydrogen) atoms. The number of hydrogen-bond donors (Lipinski definition) is 2. The highest BCUT2D eigenvalue weighted by molar-refractivity contribution is 6.35. The molecule has 0 unspecified atom stereocenters. The summed E-state index contributed by atoms with van der Waals surface area (Å²) in [5.41, 5.74) is 1.99. The van der Waals surface area contributed by atoms with E-state index in [4.69, 9.17) is 23.2 Å². The Kier molecular flexibility index (Phi) is 5.16. The smallest absolute Gasteiger partial charge is 0.246 e. The van der Waals surface area contributed by atoms with E-state index < -0.39 is 0 Å². The number of nitrogens with one attached hydrogen (secondary N) is 2. The second-order valence-electron chi connectivity index (χ2n) is 5.89. The van der Waals surface area contributed by atoms with Crippen LogP contribution in [0.4, 0.5) is 17.1 Å². The standard InChI is InChI=1S/C18H17Cl2N3O2/c1-11-6-17(24)22-15-4-2-3-5-16(15)23(11)18(25)10-21-14-8-12(19)7-13(20)9-14/h2-5,7-9,11,21H,6,10H2,1H3,(H,22,24)/t11-/m1/s1. The van der Waals surface area contributed by atoms with Crippen molar-refractivity contribution in [2.24, 2.45) is 0 Å². The third-order valence-corrected chi connectivity index (χ3v) is 4.37. The lowest BCUT2D eigenvalue weighted by molar-refractivity contribution is -0.118. The first-order chi connectivity index (χ1) is 11.9. The van der Waals surface area contributed by atoms with E-state index in [0.717, 1.165) is 0 Å². The van der Waals surface area contributed by atoms with Crippen molar-refractivity contribution in [3.63, 3.8) is 0 Å². The molecule has 0 saturated carbocycles. The zero-order chi connectivity index (χ0) is 18.0. The molecular formula is C18H17Cl2N3O2. The van der Waals surface area contributed by atoms with Crippen LogP contribution in [0.2, 0.25) is 10.0 Å². The first kappa shape index (κ1) is 17.6. The zero-order valence-corrected chi connectivity index (χ0v) is 15.1. The minimum Gasteiger partial charge on any atom is -0.376 e. The lowest BCUT2D eigenvalue weighted by Gasteiger charge is -2.28. The summed E-state index contributed by atoms with van der Waals surface area (Å²) in [6.45, 7) is 1.92. The Morgan fingerprint density at radius 3 is 2.64 bits per heavy atom. The maximum atomic E-state index is 12.8.